The molecule has 2 aliphatic heterocycles. The van der Waals surface area contributed by atoms with Crippen LogP contribution in [0.25, 0.3) is 22.4 Å². The molecule has 1 aliphatic carbocycles. The summed E-state index contributed by atoms with van der Waals surface area (Å²) in [5.41, 5.74) is 4.67. The molecule has 30 heavy (non-hydrogen) atoms. The molecule has 3 aliphatic rings. The smallest absolute Gasteiger partial charge is 0.226 e. The van der Waals surface area contributed by atoms with E-state index in [4.69, 9.17) is 14.8 Å². The highest BCUT2D eigenvalue weighted by Crippen LogP contribution is 2.36. The molecule has 1 saturated heterocycles. The Hall–Kier alpha value is -2.94. The van der Waals surface area contributed by atoms with E-state index in [-0.39, 0.29) is 17.9 Å². The number of aromatic amines is 1. The molecule has 0 bridgehead atoms. The summed E-state index contributed by atoms with van der Waals surface area (Å²) in [5, 5.41) is 12.0. The number of ether oxygens (including phenoxy) is 1. The lowest BCUT2D eigenvalue weighted by Crippen LogP contribution is -2.44. The second-order valence-electron chi connectivity index (χ2n) is 8.53. The Morgan fingerprint density at radius 2 is 2.17 bits per heavy atom. The van der Waals surface area contributed by atoms with Crippen molar-refractivity contribution in [3.05, 3.63) is 23.9 Å². The Kier molecular flexibility index (Phi) is 4.05. The number of hydrogen-bond donors (Lipinski definition) is 1. The molecule has 156 valence electrons. The number of morpholine rings is 1. The van der Waals surface area contributed by atoms with Gasteiger partial charge in [0.2, 0.25) is 5.91 Å². The Balaban J connectivity index is 1.50. The van der Waals surface area contributed by atoms with E-state index in [1.165, 1.54) is 0 Å². The van der Waals surface area contributed by atoms with Crippen LogP contribution >= 0.6 is 0 Å². The Morgan fingerprint density at radius 3 is 2.93 bits per heavy atom. The van der Waals surface area contributed by atoms with Crippen LogP contribution < -0.4 is 4.90 Å². The lowest BCUT2D eigenvalue weighted by Gasteiger charge is -2.34. The lowest BCUT2D eigenvalue weighted by atomic mass is 10.1. The van der Waals surface area contributed by atoms with Crippen LogP contribution in [-0.2, 0) is 22.6 Å². The third-order valence-electron chi connectivity index (χ3n) is 6.36. The third-order valence-corrected chi connectivity index (χ3v) is 6.36. The van der Waals surface area contributed by atoms with Gasteiger partial charge in [-0.2, -0.15) is 10.2 Å². The highest BCUT2D eigenvalue weighted by molar-refractivity contribution is 5.93. The van der Waals surface area contributed by atoms with Gasteiger partial charge in [0.1, 0.15) is 17.0 Å². The van der Waals surface area contributed by atoms with Crippen LogP contribution in [0.15, 0.2) is 18.3 Å². The summed E-state index contributed by atoms with van der Waals surface area (Å²) >= 11 is 0. The van der Waals surface area contributed by atoms with Crippen molar-refractivity contribution in [3.63, 3.8) is 0 Å². The zero-order valence-corrected chi connectivity index (χ0v) is 17.0. The van der Waals surface area contributed by atoms with Crippen LogP contribution in [0.2, 0.25) is 0 Å². The van der Waals surface area contributed by atoms with Crippen molar-refractivity contribution in [1.29, 1.82) is 0 Å². The normalized spacial score (nSPS) is 21.8. The first-order chi connectivity index (χ1) is 14.7. The topological polar surface area (TPSA) is 92.2 Å². The first kappa shape index (κ1) is 17.9. The van der Waals surface area contributed by atoms with Gasteiger partial charge in [-0.15, -0.1) is 0 Å². The van der Waals surface area contributed by atoms with Crippen LogP contribution in [-0.4, -0.2) is 68.1 Å². The van der Waals surface area contributed by atoms with Crippen LogP contribution in [0, 0.1) is 5.92 Å². The average Bonchev–Trinajstić information content (AvgIpc) is 3.39. The quantitative estimate of drug-likeness (QED) is 0.712. The molecular formula is C21H25N7O2. The van der Waals surface area contributed by atoms with Crippen molar-refractivity contribution in [3.8, 4) is 11.4 Å². The van der Waals surface area contributed by atoms with E-state index in [0.29, 0.717) is 32.8 Å². The number of nitrogens with one attached hydrogen (secondary N) is 1. The van der Waals surface area contributed by atoms with Gasteiger partial charge in [0.05, 0.1) is 37.0 Å². The lowest BCUT2D eigenvalue weighted by molar-refractivity contribution is -0.133. The summed E-state index contributed by atoms with van der Waals surface area (Å²) in [6, 6.07) is 4.32. The maximum atomic E-state index is 12.8. The highest BCUT2D eigenvalue weighted by Gasteiger charge is 2.35. The van der Waals surface area contributed by atoms with Gasteiger partial charge in [-0.3, -0.25) is 14.6 Å². The van der Waals surface area contributed by atoms with Gasteiger partial charge in [0.15, 0.2) is 0 Å². The van der Waals surface area contributed by atoms with Crippen molar-refractivity contribution >= 4 is 22.8 Å². The summed E-state index contributed by atoms with van der Waals surface area (Å²) in [7, 11) is 0. The number of carbonyl (C=O) groups is 1. The number of hydrogen-bond acceptors (Lipinski definition) is 6. The predicted molar refractivity (Wildman–Crippen MR) is 111 cm³/mol. The fourth-order valence-corrected chi connectivity index (χ4v) is 4.59. The SMILES string of the molecule is C[C@@H]1COCCN1c1cc2c3c(n1)c(-c1ccn[nH]1)nn3CCN(C(=O)C1CC1)C2. The number of rotatable bonds is 3. The summed E-state index contributed by atoms with van der Waals surface area (Å²) in [6.45, 7) is 6.29. The van der Waals surface area contributed by atoms with Crippen molar-refractivity contribution < 1.29 is 9.53 Å². The molecular weight excluding hydrogens is 382 g/mol. The zero-order valence-electron chi connectivity index (χ0n) is 17.0. The monoisotopic (exact) mass is 407 g/mol. The maximum absolute atomic E-state index is 12.8. The van der Waals surface area contributed by atoms with E-state index in [1.807, 2.05) is 15.6 Å². The van der Waals surface area contributed by atoms with Gasteiger partial charge >= 0.3 is 0 Å². The van der Waals surface area contributed by atoms with Gasteiger partial charge < -0.3 is 14.5 Å². The molecule has 5 heterocycles. The molecule has 0 radical (unpaired) electrons. The van der Waals surface area contributed by atoms with Gasteiger partial charge in [0.25, 0.3) is 0 Å². The number of H-pyrrole nitrogens is 1. The molecule has 0 spiro atoms. The molecule has 1 atom stereocenters. The molecule has 1 amide bonds. The van der Waals surface area contributed by atoms with Gasteiger partial charge in [-0.25, -0.2) is 4.98 Å². The molecule has 9 nitrogen and oxygen atoms in total. The van der Waals surface area contributed by atoms with Crippen LogP contribution in [0.5, 0.6) is 0 Å². The standard InChI is InChI=1S/C21H25N7O2/c1-13-12-30-9-8-27(13)17-10-15-11-26(21(29)14-2-3-14)6-7-28-20(15)19(23-17)18(25-28)16-4-5-22-24-16/h4-5,10,13-14H,2-3,6-9,11-12H2,1H3,(H,22,24)/t13-/m1/s1. The molecule has 2 fully saturated rings. The highest BCUT2D eigenvalue weighted by atomic mass is 16.5. The molecule has 0 aromatic carbocycles. The minimum Gasteiger partial charge on any atom is -0.377 e. The van der Waals surface area contributed by atoms with Crippen molar-refractivity contribution in [2.45, 2.75) is 38.9 Å². The molecule has 3 aromatic rings. The van der Waals surface area contributed by atoms with E-state index < -0.39 is 0 Å². The van der Waals surface area contributed by atoms with E-state index in [2.05, 4.69) is 28.1 Å². The van der Waals surface area contributed by atoms with Crippen molar-refractivity contribution in [2.24, 2.45) is 5.92 Å². The van der Waals surface area contributed by atoms with Gasteiger partial charge in [-0.1, -0.05) is 0 Å². The van der Waals surface area contributed by atoms with Crippen LogP contribution in [0.1, 0.15) is 25.3 Å². The molecule has 3 aromatic heterocycles. The fourth-order valence-electron chi connectivity index (χ4n) is 4.59. The Labute approximate surface area is 174 Å². The second-order valence-corrected chi connectivity index (χ2v) is 8.53. The third kappa shape index (κ3) is 2.87. The van der Waals surface area contributed by atoms with E-state index in [0.717, 1.165) is 53.2 Å². The Bertz CT molecular complexity index is 1100. The number of aromatic nitrogens is 5. The van der Waals surface area contributed by atoms with E-state index in [1.54, 1.807) is 6.20 Å². The average molecular weight is 407 g/mol. The Morgan fingerprint density at radius 1 is 1.27 bits per heavy atom. The summed E-state index contributed by atoms with van der Waals surface area (Å²) in [4.78, 5) is 22.2. The van der Waals surface area contributed by atoms with Crippen LogP contribution in [0.3, 0.4) is 0 Å². The van der Waals surface area contributed by atoms with Crippen molar-refractivity contribution in [1.82, 2.24) is 29.9 Å². The molecule has 0 unspecified atom stereocenters. The fraction of sp³-hybridized carbons (Fsp3) is 0.524. The minimum absolute atomic E-state index is 0.215. The van der Waals surface area contributed by atoms with Crippen molar-refractivity contribution in [2.75, 3.05) is 31.2 Å². The number of pyridine rings is 1. The van der Waals surface area contributed by atoms with Gasteiger partial charge in [-0.05, 0) is 31.9 Å². The number of carbonyl (C=O) groups excluding carboxylic acids is 1. The first-order valence-corrected chi connectivity index (χ1v) is 10.7. The number of amides is 1. The van der Waals surface area contributed by atoms with E-state index in [9.17, 15) is 4.79 Å². The molecule has 9 heteroatoms. The summed E-state index contributed by atoms with van der Waals surface area (Å²) in [5.74, 6) is 1.42. The van der Waals surface area contributed by atoms with Crippen LogP contribution in [0.4, 0.5) is 5.82 Å². The molecule has 6 rings (SSSR count). The largest absolute Gasteiger partial charge is 0.377 e. The van der Waals surface area contributed by atoms with Gasteiger partial charge in [0, 0.05) is 37.3 Å². The predicted octanol–water partition coefficient (Wildman–Crippen LogP) is 1.80. The second kappa shape index (κ2) is 6.80. The first-order valence-electron chi connectivity index (χ1n) is 10.7. The van der Waals surface area contributed by atoms with E-state index >= 15 is 0 Å². The molecule has 1 N–H and O–H groups in total. The summed E-state index contributed by atoms with van der Waals surface area (Å²) in [6.07, 6.45) is 3.77. The molecule has 1 saturated carbocycles. The zero-order chi connectivity index (χ0) is 20.2. The summed E-state index contributed by atoms with van der Waals surface area (Å²) < 4.78 is 7.64. The number of anilines is 1. The maximum Gasteiger partial charge on any atom is 0.226 e. The number of nitrogens with zero attached hydrogens (tertiary/aromatic N) is 6. The minimum atomic E-state index is 0.215.